The number of amides is 2. The molecule has 2 heterocycles. The van der Waals surface area contributed by atoms with Gasteiger partial charge >= 0.3 is 6.03 Å². The molecule has 5 nitrogen and oxygen atoms in total. The Morgan fingerprint density at radius 1 is 1.62 bits per heavy atom. The molecule has 0 spiro atoms. The summed E-state index contributed by atoms with van der Waals surface area (Å²) in [4.78, 5) is 17.9. The second kappa shape index (κ2) is 7.61. The summed E-state index contributed by atoms with van der Waals surface area (Å²) < 4.78 is 0. The molecule has 1 aromatic rings. The summed E-state index contributed by atoms with van der Waals surface area (Å²) >= 11 is 5.73. The van der Waals surface area contributed by atoms with Crippen molar-refractivity contribution in [2.75, 3.05) is 19.6 Å². The van der Waals surface area contributed by atoms with E-state index in [0.29, 0.717) is 18.2 Å². The van der Waals surface area contributed by atoms with E-state index in [4.69, 9.17) is 11.6 Å². The van der Waals surface area contributed by atoms with E-state index in [1.165, 1.54) is 0 Å². The fourth-order valence-electron chi connectivity index (χ4n) is 2.57. The zero-order valence-electron chi connectivity index (χ0n) is 12.3. The number of aliphatic hydroxyl groups is 1. The van der Waals surface area contributed by atoms with Crippen molar-refractivity contribution in [2.45, 2.75) is 32.3 Å². The second-order valence-corrected chi connectivity index (χ2v) is 5.95. The van der Waals surface area contributed by atoms with Gasteiger partial charge in [0.25, 0.3) is 0 Å². The SMILES string of the molecule is CC(O)C1CCCN(C(=O)NCCc2ccc(Cl)nc2)C1. The molecular weight excluding hydrogens is 290 g/mol. The summed E-state index contributed by atoms with van der Waals surface area (Å²) in [5.41, 5.74) is 1.04. The number of urea groups is 1. The molecule has 0 radical (unpaired) electrons. The summed E-state index contributed by atoms with van der Waals surface area (Å²) in [5.74, 6) is 0.185. The van der Waals surface area contributed by atoms with Crippen LogP contribution >= 0.6 is 11.6 Å². The lowest BCUT2D eigenvalue weighted by atomic mass is 9.94. The number of nitrogens with one attached hydrogen (secondary N) is 1. The Morgan fingerprint density at radius 2 is 2.43 bits per heavy atom. The first-order valence-corrected chi connectivity index (χ1v) is 7.75. The second-order valence-electron chi connectivity index (χ2n) is 5.56. The number of halogens is 1. The van der Waals surface area contributed by atoms with Gasteiger partial charge < -0.3 is 15.3 Å². The molecule has 2 amide bonds. The lowest BCUT2D eigenvalue weighted by Gasteiger charge is -2.34. The molecule has 0 aliphatic carbocycles. The van der Waals surface area contributed by atoms with E-state index in [0.717, 1.165) is 31.4 Å². The van der Waals surface area contributed by atoms with Crippen LogP contribution in [0.5, 0.6) is 0 Å². The van der Waals surface area contributed by atoms with E-state index in [1.54, 1.807) is 24.1 Å². The van der Waals surface area contributed by atoms with Gasteiger partial charge in [-0.25, -0.2) is 9.78 Å². The van der Waals surface area contributed by atoms with E-state index in [2.05, 4.69) is 10.3 Å². The molecule has 6 heteroatoms. The Kier molecular flexibility index (Phi) is 5.82. The van der Waals surface area contributed by atoms with Gasteiger partial charge in [-0.05, 0) is 37.8 Å². The third kappa shape index (κ3) is 4.86. The van der Waals surface area contributed by atoms with Crippen LogP contribution in [-0.4, -0.2) is 46.8 Å². The molecule has 1 aliphatic heterocycles. The van der Waals surface area contributed by atoms with E-state index in [9.17, 15) is 9.90 Å². The van der Waals surface area contributed by atoms with Crippen LogP contribution in [0.25, 0.3) is 0 Å². The summed E-state index contributed by atoms with van der Waals surface area (Å²) in [5, 5.41) is 13.0. The minimum Gasteiger partial charge on any atom is -0.393 e. The number of nitrogens with zero attached hydrogens (tertiary/aromatic N) is 2. The summed E-state index contributed by atoms with van der Waals surface area (Å²) in [6.07, 6.45) is 4.02. The lowest BCUT2D eigenvalue weighted by molar-refractivity contribution is 0.0740. The molecule has 1 aliphatic rings. The molecule has 0 saturated carbocycles. The zero-order chi connectivity index (χ0) is 15.2. The number of carbonyl (C=O) groups is 1. The van der Waals surface area contributed by atoms with Gasteiger partial charge in [0, 0.05) is 31.7 Å². The first-order valence-electron chi connectivity index (χ1n) is 7.37. The van der Waals surface area contributed by atoms with Gasteiger partial charge in [0.15, 0.2) is 0 Å². The Morgan fingerprint density at radius 3 is 3.10 bits per heavy atom. The zero-order valence-corrected chi connectivity index (χ0v) is 13.0. The van der Waals surface area contributed by atoms with Crippen molar-refractivity contribution in [3.8, 4) is 0 Å². The van der Waals surface area contributed by atoms with Crippen molar-refractivity contribution in [3.05, 3.63) is 29.0 Å². The summed E-state index contributed by atoms with van der Waals surface area (Å²) in [7, 11) is 0. The van der Waals surface area contributed by atoms with Crippen LogP contribution in [0, 0.1) is 5.92 Å². The number of rotatable bonds is 4. The number of carbonyl (C=O) groups excluding carboxylic acids is 1. The van der Waals surface area contributed by atoms with E-state index in [-0.39, 0.29) is 18.1 Å². The van der Waals surface area contributed by atoms with Crippen molar-refractivity contribution in [2.24, 2.45) is 5.92 Å². The molecule has 1 saturated heterocycles. The number of piperidine rings is 1. The van der Waals surface area contributed by atoms with Crippen molar-refractivity contribution >= 4 is 17.6 Å². The summed E-state index contributed by atoms with van der Waals surface area (Å²) in [6, 6.07) is 3.60. The Bertz CT molecular complexity index is 464. The molecule has 1 aromatic heterocycles. The van der Waals surface area contributed by atoms with Crippen LogP contribution in [0.2, 0.25) is 5.15 Å². The molecule has 0 aromatic carbocycles. The highest BCUT2D eigenvalue weighted by Gasteiger charge is 2.26. The predicted octanol–water partition coefficient (Wildman–Crippen LogP) is 2.08. The minimum absolute atomic E-state index is 0.0535. The molecule has 2 rings (SSSR count). The van der Waals surface area contributed by atoms with Gasteiger partial charge in [-0.15, -0.1) is 0 Å². The quantitative estimate of drug-likeness (QED) is 0.837. The maximum atomic E-state index is 12.1. The largest absolute Gasteiger partial charge is 0.393 e. The van der Waals surface area contributed by atoms with E-state index in [1.807, 2.05) is 6.07 Å². The van der Waals surface area contributed by atoms with Gasteiger partial charge in [-0.1, -0.05) is 17.7 Å². The normalized spacial score (nSPS) is 20.1. The molecule has 0 bridgehead atoms. The average molecular weight is 312 g/mol. The molecular formula is C15H22ClN3O2. The number of likely N-dealkylation sites (tertiary alicyclic amines) is 1. The molecule has 2 N–H and O–H groups in total. The summed E-state index contributed by atoms with van der Waals surface area (Å²) in [6.45, 7) is 3.75. The van der Waals surface area contributed by atoms with E-state index >= 15 is 0 Å². The Hall–Kier alpha value is -1.33. The van der Waals surface area contributed by atoms with Crippen LogP contribution in [0.4, 0.5) is 4.79 Å². The lowest BCUT2D eigenvalue weighted by Crippen LogP contribution is -2.47. The number of aromatic nitrogens is 1. The standard InChI is InChI=1S/C15H22ClN3O2/c1-11(20)13-3-2-8-19(10-13)15(21)17-7-6-12-4-5-14(16)18-9-12/h4-5,9,11,13,20H,2-3,6-8,10H2,1H3,(H,17,21). The topological polar surface area (TPSA) is 65.5 Å². The fraction of sp³-hybridized carbons (Fsp3) is 0.600. The van der Waals surface area contributed by atoms with Crippen molar-refractivity contribution in [3.63, 3.8) is 0 Å². The third-order valence-corrected chi connectivity index (χ3v) is 4.13. The maximum Gasteiger partial charge on any atom is 0.317 e. The molecule has 1 fully saturated rings. The van der Waals surface area contributed by atoms with E-state index < -0.39 is 0 Å². The van der Waals surface area contributed by atoms with Crippen LogP contribution in [-0.2, 0) is 6.42 Å². The minimum atomic E-state index is -0.360. The average Bonchev–Trinajstić information content (AvgIpc) is 2.49. The maximum absolute atomic E-state index is 12.1. The first kappa shape index (κ1) is 16.0. The molecule has 2 atom stereocenters. The Balaban J connectivity index is 1.75. The Labute approximate surface area is 130 Å². The van der Waals surface area contributed by atoms with Crippen LogP contribution in [0.3, 0.4) is 0 Å². The number of hydrogen-bond acceptors (Lipinski definition) is 3. The van der Waals surface area contributed by atoms with Crippen molar-refractivity contribution < 1.29 is 9.90 Å². The van der Waals surface area contributed by atoms with Crippen molar-refractivity contribution in [1.29, 1.82) is 0 Å². The van der Waals surface area contributed by atoms with Gasteiger partial charge in [0.05, 0.1) is 6.10 Å². The van der Waals surface area contributed by atoms with Crippen LogP contribution in [0.1, 0.15) is 25.3 Å². The van der Waals surface area contributed by atoms with Crippen LogP contribution < -0.4 is 5.32 Å². The number of aliphatic hydroxyl groups excluding tert-OH is 1. The van der Waals surface area contributed by atoms with Crippen LogP contribution in [0.15, 0.2) is 18.3 Å². The van der Waals surface area contributed by atoms with Crippen molar-refractivity contribution in [1.82, 2.24) is 15.2 Å². The third-order valence-electron chi connectivity index (χ3n) is 3.91. The monoisotopic (exact) mass is 311 g/mol. The highest BCUT2D eigenvalue weighted by atomic mass is 35.5. The van der Waals surface area contributed by atoms with Gasteiger partial charge in [0.2, 0.25) is 0 Å². The van der Waals surface area contributed by atoms with Gasteiger partial charge in [-0.2, -0.15) is 0 Å². The van der Waals surface area contributed by atoms with Gasteiger partial charge in [0.1, 0.15) is 5.15 Å². The molecule has 2 unspecified atom stereocenters. The fourth-order valence-corrected chi connectivity index (χ4v) is 2.68. The van der Waals surface area contributed by atoms with Gasteiger partial charge in [-0.3, -0.25) is 0 Å². The molecule has 21 heavy (non-hydrogen) atoms. The number of pyridine rings is 1. The number of hydrogen-bond donors (Lipinski definition) is 2. The highest BCUT2D eigenvalue weighted by Crippen LogP contribution is 2.19. The highest BCUT2D eigenvalue weighted by molar-refractivity contribution is 6.29. The molecule has 116 valence electrons. The smallest absolute Gasteiger partial charge is 0.317 e. The predicted molar refractivity (Wildman–Crippen MR) is 82.3 cm³/mol. The first-order chi connectivity index (χ1) is 10.1.